The molecule has 1 amide bonds. The van der Waals surface area contributed by atoms with E-state index >= 15 is 0 Å². The summed E-state index contributed by atoms with van der Waals surface area (Å²) in [6, 6.07) is 19.4. The summed E-state index contributed by atoms with van der Waals surface area (Å²) >= 11 is 0. The van der Waals surface area contributed by atoms with Crippen LogP contribution in [0.1, 0.15) is 74.8 Å². The maximum atomic E-state index is 14.1. The van der Waals surface area contributed by atoms with Crippen molar-refractivity contribution in [2.75, 3.05) is 33.7 Å². The minimum atomic E-state index is -0.130. The highest BCUT2D eigenvalue weighted by Gasteiger charge is 2.41. The molecule has 3 aliphatic rings. The van der Waals surface area contributed by atoms with Crippen LogP contribution in [0.2, 0.25) is 0 Å². The van der Waals surface area contributed by atoms with Gasteiger partial charge in [-0.05, 0) is 94.1 Å². The van der Waals surface area contributed by atoms with E-state index in [1.165, 1.54) is 56.1 Å². The molecule has 0 radical (unpaired) electrons. The van der Waals surface area contributed by atoms with Crippen LogP contribution < -0.4 is 0 Å². The van der Waals surface area contributed by atoms with Crippen LogP contribution in [0.5, 0.6) is 5.75 Å². The summed E-state index contributed by atoms with van der Waals surface area (Å²) in [7, 11) is 4.10. The zero-order chi connectivity index (χ0) is 26.5. The fourth-order valence-electron chi connectivity index (χ4n) is 7.44. The van der Waals surface area contributed by atoms with Crippen molar-refractivity contribution < 1.29 is 9.90 Å². The van der Waals surface area contributed by atoms with Crippen molar-refractivity contribution in [2.45, 2.75) is 88.3 Å². The average molecular weight is 518 g/mol. The Morgan fingerprint density at radius 3 is 2.32 bits per heavy atom. The second kappa shape index (κ2) is 12.7. The van der Waals surface area contributed by atoms with Gasteiger partial charge in [0.05, 0.1) is 6.04 Å². The molecule has 0 spiro atoms. The molecule has 4 atom stereocenters. The molecule has 3 fully saturated rings. The second-order valence-electron chi connectivity index (χ2n) is 12.3. The molecule has 1 aliphatic carbocycles. The molecular weight excluding hydrogens is 470 g/mol. The maximum Gasteiger partial charge on any atom is 0.240 e. The van der Waals surface area contributed by atoms with Crippen LogP contribution >= 0.6 is 0 Å². The molecule has 1 N–H and O–H groups in total. The number of benzene rings is 2. The Bertz CT molecular complexity index is 1020. The Hall–Kier alpha value is -2.37. The Morgan fingerprint density at radius 1 is 0.947 bits per heavy atom. The van der Waals surface area contributed by atoms with Gasteiger partial charge < -0.3 is 10.0 Å². The van der Waals surface area contributed by atoms with E-state index in [1.54, 1.807) is 6.07 Å². The van der Waals surface area contributed by atoms with Crippen LogP contribution in [0.3, 0.4) is 0 Å². The van der Waals surface area contributed by atoms with Crippen LogP contribution in [-0.4, -0.2) is 77.6 Å². The topological polar surface area (TPSA) is 47.0 Å². The molecule has 2 aromatic rings. The Balaban J connectivity index is 1.26. The number of likely N-dealkylation sites (N-methyl/N-ethyl adjacent to an activating group) is 1. The summed E-state index contributed by atoms with van der Waals surface area (Å²) in [5.41, 5.74) is 2.51. The standard InChI is InChI=1S/C33H47N3O2/c1-34(2)32(20-25-10-5-3-6-11-25)33(38)35(24-26-12-7-4-8-13-26)18-19-36-29-16-17-30(36)22-28(21-29)27-14-9-15-31(37)23-27/h3,5-6,9-11,14-15,23,26,28-30,32,37H,4,7-8,12-13,16-22,24H2,1-2H3/t28?,29-,30+,32-/m0/s1. The number of piperidine rings is 1. The minimum absolute atomic E-state index is 0.130. The van der Waals surface area contributed by atoms with Gasteiger partial charge in [0.2, 0.25) is 5.91 Å². The van der Waals surface area contributed by atoms with Crippen molar-refractivity contribution in [2.24, 2.45) is 5.92 Å². The van der Waals surface area contributed by atoms with E-state index in [-0.39, 0.29) is 6.04 Å². The van der Waals surface area contributed by atoms with E-state index in [0.29, 0.717) is 35.6 Å². The van der Waals surface area contributed by atoms with Crippen LogP contribution in [0.15, 0.2) is 54.6 Å². The molecule has 38 heavy (non-hydrogen) atoms. The first-order valence-electron chi connectivity index (χ1n) is 15.0. The molecule has 1 unspecified atom stereocenters. The first-order valence-corrected chi connectivity index (χ1v) is 15.0. The number of carbonyl (C=O) groups excluding carboxylic acids is 1. The highest BCUT2D eigenvalue weighted by Crippen LogP contribution is 2.43. The summed E-state index contributed by atoms with van der Waals surface area (Å²) < 4.78 is 0. The van der Waals surface area contributed by atoms with Crippen molar-refractivity contribution in [3.8, 4) is 5.75 Å². The van der Waals surface area contributed by atoms with Gasteiger partial charge >= 0.3 is 0 Å². The van der Waals surface area contributed by atoms with E-state index in [2.05, 4.69) is 59.1 Å². The summed E-state index contributed by atoms with van der Waals surface area (Å²) in [5, 5.41) is 10.0. The zero-order valence-corrected chi connectivity index (χ0v) is 23.5. The van der Waals surface area contributed by atoms with Crippen molar-refractivity contribution in [1.29, 1.82) is 0 Å². The number of fused-ring (bicyclic) bond motifs is 2. The number of phenolic OH excluding ortho intramolecular Hbond substituents is 1. The van der Waals surface area contributed by atoms with Crippen molar-refractivity contribution in [1.82, 2.24) is 14.7 Å². The van der Waals surface area contributed by atoms with Crippen LogP contribution in [0, 0.1) is 5.92 Å². The third-order valence-electron chi connectivity index (χ3n) is 9.55. The number of amides is 1. The number of nitrogens with zero attached hydrogens (tertiary/aromatic N) is 3. The molecule has 2 heterocycles. The van der Waals surface area contributed by atoms with Gasteiger partial charge in [0.15, 0.2) is 0 Å². The van der Waals surface area contributed by atoms with E-state index in [9.17, 15) is 9.90 Å². The summed E-state index contributed by atoms with van der Waals surface area (Å²) in [6.45, 7) is 2.72. The van der Waals surface area contributed by atoms with Gasteiger partial charge in [0.1, 0.15) is 5.75 Å². The Labute approximate surface area is 229 Å². The molecule has 2 saturated heterocycles. The zero-order valence-electron chi connectivity index (χ0n) is 23.5. The number of rotatable bonds is 10. The molecule has 2 bridgehead atoms. The molecule has 2 aliphatic heterocycles. The van der Waals surface area contributed by atoms with Gasteiger partial charge in [-0.15, -0.1) is 0 Å². The molecular formula is C33H47N3O2. The monoisotopic (exact) mass is 517 g/mol. The first-order chi connectivity index (χ1) is 18.5. The first kappa shape index (κ1) is 27.2. The minimum Gasteiger partial charge on any atom is -0.508 e. The Morgan fingerprint density at radius 2 is 1.66 bits per heavy atom. The molecule has 2 aromatic carbocycles. The lowest BCUT2D eigenvalue weighted by atomic mass is 9.85. The third-order valence-corrected chi connectivity index (χ3v) is 9.55. The highest BCUT2D eigenvalue weighted by atomic mass is 16.3. The largest absolute Gasteiger partial charge is 0.508 e. The number of hydrogen-bond acceptors (Lipinski definition) is 4. The Kier molecular flexibility index (Phi) is 9.06. The molecule has 5 nitrogen and oxygen atoms in total. The quantitative estimate of drug-likeness (QED) is 0.440. The van der Waals surface area contributed by atoms with Crippen LogP contribution in [0.25, 0.3) is 0 Å². The predicted octanol–water partition coefficient (Wildman–Crippen LogP) is 5.68. The SMILES string of the molecule is CN(C)[C@@H](Cc1ccccc1)C(=O)N(CCN1[C@@H]2CC[C@H]1CC(c1cccc(O)c1)C2)CC1CCCCC1. The summed E-state index contributed by atoms with van der Waals surface area (Å²) in [6.07, 6.45) is 12.1. The molecule has 0 aromatic heterocycles. The lowest BCUT2D eigenvalue weighted by molar-refractivity contribution is -0.137. The fourth-order valence-corrected chi connectivity index (χ4v) is 7.44. The van der Waals surface area contributed by atoms with Gasteiger partial charge in [-0.1, -0.05) is 61.7 Å². The molecule has 5 heteroatoms. The summed E-state index contributed by atoms with van der Waals surface area (Å²) in [4.78, 5) is 21.2. The number of carbonyl (C=O) groups is 1. The van der Waals surface area contributed by atoms with Gasteiger partial charge in [-0.2, -0.15) is 0 Å². The van der Waals surface area contributed by atoms with Gasteiger partial charge in [0.25, 0.3) is 0 Å². The summed E-state index contributed by atoms with van der Waals surface area (Å²) in [5.74, 6) is 1.84. The third kappa shape index (κ3) is 6.60. The van der Waals surface area contributed by atoms with E-state index in [1.807, 2.05) is 18.2 Å². The lowest BCUT2D eigenvalue weighted by Crippen LogP contribution is -2.52. The van der Waals surface area contributed by atoms with Gasteiger partial charge in [-0.3, -0.25) is 14.6 Å². The van der Waals surface area contributed by atoms with Crippen molar-refractivity contribution in [3.05, 3.63) is 65.7 Å². The smallest absolute Gasteiger partial charge is 0.240 e. The highest BCUT2D eigenvalue weighted by molar-refractivity contribution is 5.82. The lowest BCUT2D eigenvalue weighted by Gasteiger charge is -2.41. The van der Waals surface area contributed by atoms with Crippen LogP contribution in [0.4, 0.5) is 0 Å². The molecule has 5 rings (SSSR count). The van der Waals surface area contributed by atoms with E-state index in [0.717, 1.165) is 38.9 Å². The van der Waals surface area contributed by atoms with Gasteiger partial charge in [0, 0.05) is 31.7 Å². The molecule has 1 saturated carbocycles. The maximum absolute atomic E-state index is 14.1. The van der Waals surface area contributed by atoms with Crippen molar-refractivity contribution in [3.63, 3.8) is 0 Å². The van der Waals surface area contributed by atoms with E-state index in [4.69, 9.17) is 0 Å². The van der Waals surface area contributed by atoms with Gasteiger partial charge in [-0.25, -0.2) is 0 Å². The van der Waals surface area contributed by atoms with Crippen molar-refractivity contribution >= 4 is 5.91 Å². The number of phenols is 1. The predicted molar refractivity (Wildman–Crippen MR) is 154 cm³/mol. The molecule has 206 valence electrons. The van der Waals surface area contributed by atoms with E-state index < -0.39 is 0 Å². The second-order valence-corrected chi connectivity index (χ2v) is 12.3. The average Bonchev–Trinajstić information content (AvgIpc) is 3.16. The number of aromatic hydroxyl groups is 1. The fraction of sp³-hybridized carbons (Fsp3) is 0.606. The number of hydrogen-bond donors (Lipinski definition) is 1. The normalized spacial score (nSPS) is 25.0. The van der Waals surface area contributed by atoms with Crippen LogP contribution in [-0.2, 0) is 11.2 Å².